The lowest BCUT2D eigenvalue weighted by Crippen LogP contribution is -2.40. The van der Waals surface area contributed by atoms with Crippen LogP contribution in [0.3, 0.4) is 0 Å². The van der Waals surface area contributed by atoms with Crippen molar-refractivity contribution < 1.29 is 9.53 Å². The van der Waals surface area contributed by atoms with Crippen molar-refractivity contribution in [2.24, 2.45) is 0 Å². The van der Waals surface area contributed by atoms with Gasteiger partial charge in [-0.15, -0.1) is 0 Å². The number of rotatable bonds is 1. The van der Waals surface area contributed by atoms with Crippen LogP contribution >= 0.6 is 0 Å². The van der Waals surface area contributed by atoms with Crippen molar-refractivity contribution in [1.82, 2.24) is 5.32 Å². The minimum atomic E-state index is -0.344. The maximum absolute atomic E-state index is 11.9. The number of fused-ring (bicyclic) bond motifs is 2. The fourth-order valence-corrected chi connectivity index (χ4v) is 2.86. The Hall–Kier alpha value is -1.35. The Morgan fingerprint density at radius 1 is 1.35 bits per heavy atom. The molecule has 3 nitrogen and oxygen atoms in total. The summed E-state index contributed by atoms with van der Waals surface area (Å²) in [6, 6.07) is 6.11. The van der Waals surface area contributed by atoms with E-state index in [1.165, 1.54) is 5.56 Å². The number of benzene rings is 1. The fourth-order valence-electron chi connectivity index (χ4n) is 2.86. The standard InChI is InChI=1S/C14H17NO2/c1-2-10-3-4-11-12(9-10)14(17-13(11)16)5-7-15-8-6-14/h3-4,9,15H,2,5-8H2,1H3. The molecular formula is C14H17NO2. The summed E-state index contributed by atoms with van der Waals surface area (Å²) in [5.41, 5.74) is 2.82. The molecular weight excluding hydrogens is 214 g/mol. The molecule has 0 aromatic heterocycles. The molecule has 17 heavy (non-hydrogen) atoms. The van der Waals surface area contributed by atoms with E-state index in [1.54, 1.807) is 0 Å². The largest absolute Gasteiger partial charge is 0.450 e. The highest BCUT2D eigenvalue weighted by Gasteiger charge is 2.45. The van der Waals surface area contributed by atoms with Gasteiger partial charge in [-0.05, 0) is 31.1 Å². The van der Waals surface area contributed by atoms with Crippen LogP contribution < -0.4 is 5.32 Å². The first-order valence-electron chi connectivity index (χ1n) is 6.33. The summed E-state index contributed by atoms with van der Waals surface area (Å²) in [6.45, 7) is 3.97. The highest BCUT2D eigenvalue weighted by molar-refractivity contribution is 5.94. The van der Waals surface area contributed by atoms with Crippen LogP contribution in [0.25, 0.3) is 0 Å². The molecule has 0 radical (unpaired) electrons. The molecule has 0 saturated carbocycles. The van der Waals surface area contributed by atoms with Crippen LogP contribution in [0.5, 0.6) is 0 Å². The zero-order chi connectivity index (χ0) is 11.9. The van der Waals surface area contributed by atoms with Crippen LogP contribution in [0.15, 0.2) is 18.2 Å². The third kappa shape index (κ3) is 1.57. The Morgan fingerprint density at radius 2 is 2.12 bits per heavy atom. The molecule has 1 spiro atoms. The minimum Gasteiger partial charge on any atom is -0.450 e. The van der Waals surface area contributed by atoms with E-state index < -0.39 is 0 Å². The first-order valence-corrected chi connectivity index (χ1v) is 6.33. The van der Waals surface area contributed by atoms with Gasteiger partial charge in [-0.3, -0.25) is 0 Å². The van der Waals surface area contributed by atoms with E-state index >= 15 is 0 Å². The van der Waals surface area contributed by atoms with Crippen LogP contribution in [-0.2, 0) is 16.8 Å². The molecule has 0 atom stereocenters. The molecule has 3 rings (SSSR count). The second kappa shape index (κ2) is 3.84. The van der Waals surface area contributed by atoms with E-state index in [9.17, 15) is 4.79 Å². The first-order chi connectivity index (χ1) is 8.25. The van der Waals surface area contributed by atoms with E-state index in [0.29, 0.717) is 0 Å². The van der Waals surface area contributed by atoms with Crippen LogP contribution in [0.2, 0.25) is 0 Å². The molecule has 2 aliphatic heterocycles. The summed E-state index contributed by atoms with van der Waals surface area (Å²) in [5.74, 6) is -0.149. The summed E-state index contributed by atoms with van der Waals surface area (Å²) in [5, 5.41) is 3.32. The summed E-state index contributed by atoms with van der Waals surface area (Å²) in [4.78, 5) is 11.9. The monoisotopic (exact) mass is 231 g/mol. The van der Waals surface area contributed by atoms with Crippen molar-refractivity contribution >= 4 is 5.97 Å². The summed E-state index contributed by atoms with van der Waals surface area (Å²) in [7, 11) is 0. The van der Waals surface area contributed by atoms with Crippen LogP contribution in [0.1, 0.15) is 41.3 Å². The second-order valence-corrected chi connectivity index (χ2v) is 4.87. The zero-order valence-electron chi connectivity index (χ0n) is 10.1. The first kappa shape index (κ1) is 10.8. The third-order valence-corrected chi connectivity index (χ3v) is 3.90. The average Bonchev–Trinajstić information content (AvgIpc) is 2.63. The highest BCUT2D eigenvalue weighted by Crippen LogP contribution is 2.43. The Balaban J connectivity index is 2.09. The quantitative estimate of drug-likeness (QED) is 0.751. The minimum absolute atomic E-state index is 0.149. The van der Waals surface area contributed by atoms with Gasteiger partial charge in [0.05, 0.1) is 5.56 Å². The fraction of sp³-hybridized carbons (Fsp3) is 0.500. The van der Waals surface area contributed by atoms with E-state index in [1.807, 2.05) is 12.1 Å². The number of carbonyl (C=O) groups is 1. The Morgan fingerprint density at radius 3 is 2.82 bits per heavy atom. The van der Waals surface area contributed by atoms with Crippen molar-refractivity contribution in [2.75, 3.05) is 13.1 Å². The topological polar surface area (TPSA) is 38.3 Å². The van der Waals surface area contributed by atoms with E-state index in [0.717, 1.165) is 43.5 Å². The van der Waals surface area contributed by atoms with Gasteiger partial charge >= 0.3 is 5.97 Å². The van der Waals surface area contributed by atoms with Gasteiger partial charge in [0.2, 0.25) is 0 Å². The SMILES string of the molecule is CCc1ccc2c(c1)C1(CCNCC1)OC2=O. The van der Waals surface area contributed by atoms with Crippen molar-refractivity contribution in [1.29, 1.82) is 0 Å². The van der Waals surface area contributed by atoms with Crippen LogP contribution in [-0.4, -0.2) is 19.1 Å². The lowest BCUT2D eigenvalue weighted by Gasteiger charge is -2.33. The molecule has 2 heterocycles. The molecule has 1 aromatic carbocycles. The van der Waals surface area contributed by atoms with Gasteiger partial charge in [0.25, 0.3) is 0 Å². The van der Waals surface area contributed by atoms with Gasteiger partial charge in [0.1, 0.15) is 5.60 Å². The van der Waals surface area contributed by atoms with Crippen molar-refractivity contribution in [3.63, 3.8) is 0 Å². The lowest BCUT2D eigenvalue weighted by molar-refractivity contribution is -0.0242. The lowest BCUT2D eigenvalue weighted by atomic mass is 9.83. The molecule has 0 unspecified atom stereocenters. The smallest absolute Gasteiger partial charge is 0.339 e. The second-order valence-electron chi connectivity index (χ2n) is 4.87. The van der Waals surface area contributed by atoms with E-state index in [2.05, 4.69) is 18.3 Å². The molecule has 0 bridgehead atoms. The molecule has 0 amide bonds. The number of nitrogens with one attached hydrogen (secondary N) is 1. The number of piperidine rings is 1. The van der Waals surface area contributed by atoms with Gasteiger partial charge < -0.3 is 10.1 Å². The third-order valence-electron chi connectivity index (χ3n) is 3.90. The average molecular weight is 231 g/mol. The molecule has 2 aliphatic rings. The molecule has 0 aliphatic carbocycles. The number of hydrogen-bond donors (Lipinski definition) is 1. The highest BCUT2D eigenvalue weighted by atomic mass is 16.6. The number of ether oxygens (including phenoxy) is 1. The normalized spacial score (nSPS) is 21.4. The molecule has 3 heteroatoms. The number of carbonyl (C=O) groups excluding carboxylic acids is 1. The van der Waals surface area contributed by atoms with Crippen LogP contribution in [0.4, 0.5) is 0 Å². The number of aryl methyl sites for hydroxylation is 1. The molecule has 1 aromatic rings. The van der Waals surface area contributed by atoms with E-state index in [-0.39, 0.29) is 11.6 Å². The Labute approximate surface area is 101 Å². The van der Waals surface area contributed by atoms with Gasteiger partial charge in [0, 0.05) is 18.4 Å². The van der Waals surface area contributed by atoms with Crippen molar-refractivity contribution in [3.8, 4) is 0 Å². The molecule has 1 saturated heterocycles. The van der Waals surface area contributed by atoms with Crippen molar-refractivity contribution in [2.45, 2.75) is 31.8 Å². The van der Waals surface area contributed by atoms with Gasteiger partial charge in [0.15, 0.2) is 0 Å². The van der Waals surface area contributed by atoms with Crippen molar-refractivity contribution in [3.05, 3.63) is 34.9 Å². The zero-order valence-corrected chi connectivity index (χ0v) is 10.1. The maximum atomic E-state index is 11.9. The maximum Gasteiger partial charge on any atom is 0.339 e. The number of esters is 1. The summed E-state index contributed by atoms with van der Waals surface area (Å²) >= 11 is 0. The summed E-state index contributed by atoms with van der Waals surface area (Å²) in [6.07, 6.45) is 2.77. The predicted octanol–water partition coefficient (Wildman–Crippen LogP) is 2.00. The van der Waals surface area contributed by atoms with Gasteiger partial charge in [-0.25, -0.2) is 4.79 Å². The van der Waals surface area contributed by atoms with Crippen LogP contribution in [0, 0.1) is 0 Å². The Kier molecular flexibility index (Phi) is 2.44. The summed E-state index contributed by atoms with van der Waals surface area (Å²) < 4.78 is 5.68. The molecule has 1 fully saturated rings. The van der Waals surface area contributed by atoms with E-state index in [4.69, 9.17) is 4.74 Å². The number of hydrogen-bond acceptors (Lipinski definition) is 3. The molecule has 1 N–H and O–H groups in total. The van der Waals surface area contributed by atoms with Gasteiger partial charge in [-0.1, -0.05) is 19.1 Å². The predicted molar refractivity (Wildman–Crippen MR) is 65.0 cm³/mol. The van der Waals surface area contributed by atoms with Gasteiger partial charge in [-0.2, -0.15) is 0 Å². The Bertz CT molecular complexity index is 461. The molecule has 90 valence electrons.